The Hall–Kier alpha value is -2.57. The van der Waals surface area contributed by atoms with E-state index in [2.05, 4.69) is 60.5 Å². The van der Waals surface area contributed by atoms with Crippen LogP contribution in [0.5, 0.6) is 0 Å². The van der Waals surface area contributed by atoms with Crippen molar-refractivity contribution in [3.8, 4) is 0 Å². The van der Waals surface area contributed by atoms with Gasteiger partial charge < -0.3 is 24.6 Å². The lowest BCUT2D eigenvalue weighted by Gasteiger charge is -2.39. The lowest BCUT2D eigenvalue weighted by Crippen LogP contribution is -2.41. The second kappa shape index (κ2) is 8.75. The van der Waals surface area contributed by atoms with Crippen molar-refractivity contribution in [1.82, 2.24) is 4.90 Å². The summed E-state index contributed by atoms with van der Waals surface area (Å²) in [5, 5.41) is 3.76. The summed E-state index contributed by atoms with van der Waals surface area (Å²) in [7, 11) is 0. The summed E-state index contributed by atoms with van der Waals surface area (Å²) in [5.41, 5.74) is 5.65. The number of nitrogens with one attached hydrogen (secondary N) is 1. The molecular formula is C26H33N3O3. The van der Waals surface area contributed by atoms with Crippen LogP contribution in [0.2, 0.25) is 0 Å². The molecule has 6 nitrogen and oxygen atoms in total. The molecule has 5 rings (SSSR count). The van der Waals surface area contributed by atoms with Crippen LogP contribution in [0.15, 0.2) is 42.5 Å². The fraction of sp³-hybridized carbons (Fsp3) is 0.500. The second-order valence-electron chi connectivity index (χ2n) is 9.64. The molecule has 1 atom stereocenters. The van der Waals surface area contributed by atoms with Crippen molar-refractivity contribution < 1.29 is 14.3 Å². The molecular weight excluding hydrogens is 402 g/mol. The van der Waals surface area contributed by atoms with Gasteiger partial charge in [-0.15, -0.1) is 0 Å². The second-order valence-corrected chi connectivity index (χ2v) is 9.64. The fourth-order valence-electron chi connectivity index (χ4n) is 5.13. The summed E-state index contributed by atoms with van der Waals surface area (Å²) >= 11 is 0. The number of benzene rings is 2. The number of carbonyl (C=O) groups excluding carboxylic acids is 1. The van der Waals surface area contributed by atoms with Crippen molar-refractivity contribution in [2.75, 3.05) is 62.8 Å². The molecule has 2 saturated heterocycles. The minimum absolute atomic E-state index is 0.0402. The summed E-state index contributed by atoms with van der Waals surface area (Å²) < 4.78 is 10.9. The normalized spacial score (nSPS) is 22.8. The first-order valence-corrected chi connectivity index (χ1v) is 11.7. The molecule has 170 valence electrons. The number of anilines is 2. The van der Waals surface area contributed by atoms with Crippen molar-refractivity contribution in [3.63, 3.8) is 0 Å². The van der Waals surface area contributed by atoms with Gasteiger partial charge in [-0.25, -0.2) is 0 Å². The lowest BCUT2D eigenvalue weighted by atomic mass is 9.73. The van der Waals surface area contributed by atoms with Gasteiger partial charge >= 0.3 is 0 Å². The Bertz CT molecular complexity index is 978. The van der Waals surface area contributed by atoms with Crippen molar-refractivity contribution in [2.24, 2.45) is 0 Å². The molecule has 2 aromatic rings. The third-order valence-electron chi connectivity index (χ3n) is 6.99. The van der Waals surface area contributed by atoms with Gasteiger partial charge in [0.05, 0.1) is 32.5 Å². The lowest BCUT2D eigenvalue weighted by molar-refractivity contribution is 0.0303. The van der Waals surface area contributed by atoms with Gasteiger partial charge in [0.2, 0.25) is 0 Å². The first-order valence-electron chi connectivity index (χ1n) is 11.7. The summed E-state index contributed by atoms with van der Waals surface area (Å²) in [6.45, 7) is 10.6. The summed E-state index contributed by atoms with van der Waals surface area (Å²) in [5.74, 6) is 0.104. The Labute approximate surface area is 190 Å². The molecule has 3 aliphatic rings. The van der Waals surface area contributed by atoms with Crippen LogP contribution in [0.3, 0.4) is 0 Å². The van der Waals surface area contributed by atoms with Crippen LogP contribution in [-0.4, -0.2) is 63.4 Å². The standard InChI is InChI=1S/C26H33N3O3/c1-26(2)18-24(19-4-3-5-21(16-19)28-8-12-31-13-9-28)27-23-7-6-20(17-22(23)26)25(30)29-10-14-32-15-11-29/h3-7,16-17,24,27H,8-15,18H2,1-2H3. The smallest absolute Gasteiger partial charge is 0.254 e. The van der Waals surface area contributed by atoms with Gasteiger partial charge in [-0.3, -0.25) is 4.79 Å². The predicted octanol–water partition coefficient (Wildman–Crippen LogP) is 3.83. The highest BCUT2D eigenvalue weighted by atomic mass is 16.5. The number of carbonyl (C=O) groups is 1. The van der Waals surface area contributed by atoms with Crippen LogP contribution in [0.1, 0.15) is 47.8 Å². The minimum Gasteiger partial charge on any atom is -0.378 e. The molecule has 0 spiro atoms. The molecule has 2 aromatic carbocycles. The molecule has 1 N–H and O–H groups in total. The molecule has 6 heteroatoms. The SMILES string of the molecule is CC1(C)CC(c2cccc(N3CCOCC3)c2)Nc2ccc(C(=O)N3CCOCC3)cc21. The maximum Gasteiger partial charge on any atom is 0.254 e. The first kappa shape index (κ1) is 21.3. The Morgan fingerprint density at radius 1 is 0.969 bits per heavy atom. The van der Waals surface area contributed by atoms with Crippen LogP contribution < -0.4 is 10.2 Å². The number of amides is 1. The zero-order valence-corrected chi connectivity index (χ0v) is 19.1. The number of fused-ring (bicyclic) bond motifs is 1. The molecule has 1 amide bonds. The molecule has 0 radical (unpaired) electrons. The molecule has 3 heterocycles. The van der Waals surface area contributed by atoms with E-state index >= 15 is 0 Å². The van der Waals surface area contributed by atoms with Crippen LogP contribution in [0.25, 0.3) is 0 Å². The average Bonchev–Trinajstić information content (AvgIpc) is 2.84. The van der Waals surface area contributed by atoms with E-state index in [9.17, 15) is 4.79 Å². The van der Waals surface area contributed by atoms with E-state index in [0.29, 0.717) is 26.3 Å². The zero-order chi connectivity index (χ0) is 22.1. The third-order valence-corrected chi connectivity index (χ3v) is 6.99. The number of ether oxygens (including phenoxy) is 2. The van der Waals surface area contributed by atoms with E-state index in [-0.39, 0.29) is 17.4 Å². The number of morpholine rings is 2. The van der Waals surface area contributed by atoms with Gasteiger partial charge in [-0.1, -0.05) is 26.0 Å². The Morgan fingerprint density at radius 3 is 2.44 bits per heavy atom. The van der Waals surface area contributed by atoms with Gasteiger partial charge in [0, 0.05) is 43.1 Å². The van der Waals surface area contributed by atoms with E-state index in [1.165, 1.54) is 16.8 Å². The third kappa shape index (κ3) is 4.21. The minimum atomic E-state index is -0.0402. The Morgan fingerprint density at radius 2 is 1.69 bits per heavy atom. The highest BCUT2D eigenvalue weighted by Crippen LogP contribution is 2.44. The molecule has 0 saturated carbocycles. The van der Waals surface area contributed by atoms with Crippen LogP contribution in [-0.2, 0) is 14.9 Å². The monoisotopic (exact) mass is 435 g/mol. The summed E-state index contributed by atoms with van der Waals surface area (Å²) in [4.78, 5) is 17.3. The van der Waals surface area contributed by atoms with Crippen LogP contribution in [0, 0.1) is 0 Å². The van der Waals surface area contributed by atoms with Gasteiger partial charge in [0.25, 0.3) is 5.91 Å². The van der Waals surface area contributed by atoms with Crippen molar-refractivity contribution in [3.05, 3.63) is 59.2 Å². The number of nitrogens with zero attached hydrogens (tertiary/aromatic N) is 2. The number of hydrogen-bond acceptors (Lipinski definition) is 5. The number of rotatable bonds is 3. The van der Waals surface area contributed by atoms with Crippen LogP contribution in [0.4, 0.5) is 11.4 Å². The van der Waals surface area contributed by atoms with E-state index < -0.39 is 0 Å². The zero-order valence-electron chi connectivity index (χ0n) is 19.1. The van der Waals surface area contributed by atoms with Crippen molar-refractivity contribution in [1.29, 1.82) is 0 Å². The topological polar surface area (TPSA) is 54.0 Å². The molecule has 1 unspecified atom stereocenters. The van der Waals surface area contributed by atoms with Gasteiger partial charge in [0.15, 0.2) is 0 Å². The molecule has 32 heavy (non-hydrogen) atoms. The van der Waals surface area contributed by atoms with E-state index in [1.807, 2.05) is 11.0 Å². The van der Waals surface area contributed by atoms with Crippen molar-refractivity contribution in [2.45, 2.75) is 31.7 Å². The van der Waals surface area contributed by atoms with E-state index in [1.54, 1.807) is 0 Å². The maximum absolute atomic E-state index is 13.0. The Balaban J connectivity index is 1.38. The highest BCUT2D eigenvalue weighted by molar-refractivity contribution is 5.95. The van der Waals surface area contributed by atoms with Crippen LogP contribution >= 0.6 is 0 Å². The number of hydrogen-bond donors (Lipinski definition) is 1. The van der Waals surface area contributed by atoms with Gasteiger partial charge in [-0.2, -0.15) is 0 Å². The highest BCUT2D eigenvalue weighted by Gasteiger charge is 2.34. The molecule has 2 fully saturated rings. The fourth-order valence-corrected chi connectivity index (χ4v) is 5.13. The summed E-state index contributed by atoms with van der Waals surface area (Å²) in [6, 6.07) is 15.3. The maximum atomic E-state index is 13.0. The predicted molar refractivity (Wildman–Crippen MR) is 127 cm³/mol. The van der Waals surface area contributed by atoms with Crippen molar-refractivity contribution >= 4 is 17.3 Å². The molecule has 3 aliphatic heterocycles. The summed E-state index contributed by atoms with van der Waals surface area (Å²) in [6.07, 6.45) is 0.974. The van der Waals surface area contributed by atoms with Gasteiger partial charge in [-0.05, 0) is 53.3 Å². The quantitative estimate of drug-likeness (QED) is 0.794. The molecule has 0 aromatic heterocycles. The van der Waals surface area contributed by atoms with Gasteiger partial charge in [0.1, 0.15) is 0 Å². The molecule has 0 bridgehead atoms. The Kier molecular flexibility index (Phi) is 5.82. The van der Waals surface area contributed by atoms with E-state index in [4.69, 9.17) is 9.47 Å². The first-order chi connectivity index (χ1) is 15.5. The average molecular weight is 436 g/mol. The largest absolute Gasteiger partial charge is 0.378 e. The van der Waals surface area contributed by atoms with E-state index in [0.717, 1.165) is 44.0 Å². The molecule has 0 aliphatic carbocycles.